The molecular formula is C16H23NO4. The Balaban J connectivity index is 1.68. The molecule has 1 fully saturated rings. The van der Waals surface area contributed by atoms with Crippen LogP contribution in [0.15, 0.2) is 24.3 Å². The van der Waals surface area contributed by atoms with Crippen molar-refractivity contribution in [2.45, 2.75) is 25.4 Å². The van der Waals surface area contributed by atoms with E-state index >= 15 is 0 Å². The molecule has 0 radical (unpaired) electrons. The zero-order valence-corrected chi connectivity index (χ0v) is 12.5. The molecule has 1 N–H and O–H groups in total. The molecule has 0 aliphatic carbocycles. The van der Waals surface area contributed by atoms with Crippen molar-refractivity contribution in [3.05, 3.63) is 29.8 Å². The van der Waals surface area contributed by atoms with Crippen LogP contribution < -0.4 is 4.74 Å². The van der Waals surface area contributed by atoms with Gasteiger partial charge < -0.3 is 19.5 Å². The molecule has 0 bridgehead atoms. The van der Waals surface area contributed by atoms with Gasteiger partial charge in [-0.3, -0.25) is 0 Å². The summed E-state index contributed by atoms with van der Waals surface area (Å²) in [5.74, 6) is -0.520. The van der Waals surface area contributed by atoms with E-state index < -0.39 is 5.97 Å². The Morgan fingerprint density at radius 1 is 1.48 bits per heavy atom. The van der Waals surface area contributed by atoms with E-state index in [1.807, 2.05) is 0 Å². The molecule has 0 amide bonds. The summed E-state index contributed by atoms with van der Waals surface area (Å²) in [4.78, 5) is 13.3. The number of benzene rings is 1. The summed E-state index contributed by atoms with van der Waals surface area (Å²) < 4.78 is 11.2. The Labute approximate surface area is 125 Å². The molecule has 1 heterocycles. The number of nitrogens with zero attached hydrogens (tertiary/aromatic N) is 1. The van der Waals surface area contributed by atoms with E-state index in [-0.39, 0.29) is 5.56 Å². The Morgan fingerprint density at radius 2 is 2.29 bits per heavy atom. The van der Waals surface area contributed by atoms with Crippen LogP contribution in [0.4, 0.5) is 0 Å². The highest BCUT2D eigenvalue weighted by Crippen LogP contribution is 2.18. The standard InChI is InChI=1S/C16H23NO4/c1-17(12-13-6-4-10-20-13)9-5-11-21-15-8-3-2-7-14(15)16(18)19/h2-3,7-8,13H,4-6,9-12H2,1H3,(H,18,19). The minimum Gasteiger partial charge on any atom is -0.493 e. The third-order valence-corrected chi connectivity index (χ3v) is 3.60. The number of carboxylic acids is 1. The lowest BCUT2D eigenvalue weighted by molar-refractivity contribution is 0.0690. The van der Waals surface area contributed by atoms with Gasteiger partial charge in [0.05, 0.1) is 12.7 Å². The Hall–Kier alpha value is -1.59. The first-order valence-electron chi connectivity index (χ1n) is 7.42. The lowest BCUT2D eigenvalue weighted by atomic mass is 10.2. The van der Waals surface area contributed by atoms with Gasteiger partial charge in [0, 0.05) is 19.7 Å². The van der Waals surface area contributed by atoms with E-state index in [1.165, 1.54) is 0 Å². The third kappa shape index (κ3) is 5.02. The number of rotatable bonds is 8. The molecule has 1 aliphatic heterocycles. The van der Waals surface area contributed by atoms with E-state index in [1.54, 1.807) is 24.3 Å². The molecule has 2 rings (SSSR count). The van der Waals surface area contributed by atoms with Crippen LogP contribution >= 0.6 is 0 Å². The second kappa shape index (κ2) is 8.00. The molecule has 1 atom stereocenters. The predicted octanol–water partition coefficient (Wildman–Crippen LogP) is 2.26. The minimum atomic E-state index is -0.957. The maximum absolute atomic E-state index is 11.1. The third-order valence-electron chi connectivity index (χ3n) is 3.60. The summed E-state index contributed by atoms with van der Waals surface area (Å²) >= 11 is 0. The van der Waals surface area contributed by atoms with E-state index in [2.05, 4.69) is 11.9 Å². The zero-order valence-electron chi connectivity index (χ0n) is 12.5. The second-order valence-electron chi connectivity index (χ2n) is 5.40. The normalized spacial score (nSPS) is 18.1. The minimum absolute atomic E-state index is 0.213. The molecule has 1 aromatic rings. The molecule has 0 spiro atoms. The lowest BCUT2D eigenvalue weighted by Crippen LogP contribution is -2.30. The number of hydrogen-bond acceptors (Lipinski definition) is 4. The van der Waals surface area contributed by atoms with Gasteiger partial charge in [0.2, 0.25) is 0 Å². The van der Waals surface area contributed by atoms with Gasteiger partial charge in [-0.2, -0.15) is 0 Å². The van der Waals surface area contributed by atoms with Crippen LogP contribution in [0.3, 0.4) is 0 Å². The molecular weight excluding hydrogens is 270 g/mol. The topological polar surface area (TPSA) is 59.0 Å². The van der Waals surface area contributed by atoms with Gasteiger partial charge in [0.15, 0.2) is 0 Å². The number of hydrogen-bond donors (Lipinski definition) is 1. The summed E-state index contributed by atoms with van der Waals surface area (Å²) in [5.41, 5.74) is 0.213. The molecule has 0 aromatic heterocycles. The number of aromatic carboxylic acids is 1. The first kappa shape index (κ1) is 15.8. The van der Waals surface area contributed by atoms with Crippen molar-refractivity contribution in [1.82, 2.24) is 4.90 Å². The average Bonchev–Trinajstić information content (AvgIpc) is 2.96. The van der Waals surface area contributed by atoms with Gasteiger partial charge in [-0.25, -0.2) is 4.79 Å². The van der Waals surface area contributed by atoms with E-state index in [0.717, 1.165) is 39.0 Å². The Morgan fingerprint density at radius 3 is 3.00 bits per heavy atom. The second-order valence-corrected chi connectivity index (χ2v) is 5.40. The van der Waals surface area contributed by atoms with Crippen LogP contribution in [0.5, 0.6) is 5.75 Å². The molecule has 1 unspecified atom stereocenters. The SMILES string of the molecule is CN(CCCOc1ccccc1C(=O)O)CC1CCCO1. The van der Waals surface area contributed by atoms with Gasteiger partial charge in [-0.05, 0) is 38.4 Å². The Bertz CT molecular complexity index is 457. The van der Waals surface area contributed by atoms with Crippen molar-refractivity contribution in [2.75, 3.05) is 33.4 Å². The van der Waals surface area contributed by atoms with Crippen LogP contribution in [0.1, 0.15) is 29.6 Å². The number of carboxylic acid groups (broad SMARTS) is 1. The molecule has 5 nitrogen and oxygen atoms in total. The van der Waals surface area contributed by atoms with Crippen LogP contribution in [0, 0.1) is 0 Å². The fraction of sp³-hybridized carbons (Fsp3) is 0.562. The highest BCUT2D eigenvalue weighted by atomic mass is 16.5. The van der Waals surface area contributed by atoms with Gasteiger partial charge in [0.1, 0.15) is 11.3 Å². The highest BCUT2D eigenvalue weighted by molar-refractivity contribution is 5.90. The summed E-state index contributed by atoms with van der Waals surface area (Å²) in [6, 6.07) is 6.73. The molecule has 21 heavy (non-hydrogen) atoms. The van der Waals surface area contributed by atoms with Crippen molar-refractivity contribution >= 4 is 5.97 Å². The first-order chi connectivity index (χ1) is 10.2. The molecule has 1 saturated heterocycles. The maximum Gasteiger partial charge on any atom is 0.339 e. The summed E-state index contributed by atoms with van der Waals surface area (Å²) in [6.45, 7) is 3.26. The summed E-state index contributed by atoms with van der Waals surface area (Å²) in [6.07, 6.45) is 3.53. The fourth-order valence-corrected chi connectivity index (χ4v) is 2.51. The fourth-order valence-electron chi connectivity index (χ4n) is 2.51. The van der Waals surface area contributed by atoms with Gasteiger partial charge in [-0.1, -0.05) is 12.1 Å². The number of carbonyl (C=O) groups is 1. The average molecular weight is 293 g/mol. The number of para-hydroxylation sites is 1. The van der Waals surface area contributed by atoms with Crippen molar-refractivity contribution in [3.8, 4) is 5.75 Å². The van der Waals surface area contributed by atoms with Gasteiger partial charge in [-0.15, -0.1) is 0 Å². The molecule has 1 aromatic carbocycles. The molecule has 1 aliphatic rings. The maximum atomic E-state index is 11.1. The van der Waals surface area contributed by atoms with Crippen molar-refractivity contribution in [2.24, 2.45) is 0 Å². The van der Waals surface area contributed by atoms with Crippen LogP contribution in [-0.2, 0) is 4.74 Å². The Kier molecular flexibility index (Phi) is 6.02. The largest absolute Gasteiger partial charge is 0.493 e. The zero-order chi connectivity index (χ0) is 15.1. The van der Waals surface area contributed by atoms with E-state index in [9.17, 15) is 4.79 Å². The van der Waals surface area contributed by atoms with Crippen molar-refractivity contribution in [1.29, 1.82) is 0 Å². The number of likely N-dealkylation sites (N-methyl/N-ethyl adjacent to an activating group) is 1. The molecule has 5 heteroatoms. The lowest BCUT2D eigenvalue weighted by Gasteiger charge is -2.20. The highest BCUT2D eigenvalue weighted by Gasteiger charge is 2.17. The molecule has 116 valence electrons. The molecule has 0 saturated carbocycles. The van der Waals surface area contributed by atoms with Crippen molar-refractivity contribution < 1.29 is 19.4 Å². The summed E-state index contributed by atoms with van der Waals surface area (Å²) in [7, 11) is 2.08. The van der Waals surface area contributed by atoms with E-state index in [4.69, 9.17) is 14.6 Å². The van der Waals surface area contributed by atoms with E-state index in [0.29, 0.717) is 18.5 Å². The van der Waals surface area contributed by atoms with Crippen LogP contribution in [-0.4, -0.2) is 55.4 Å². The number of ether oxygens (including phenoxy) is 2. The van der Waals surface area contributed by atoms with Gasteiger partial charge >= 0.3 is 5.97 Å². The van der Waals surface area contributed by atoms with Crippen LogP contribution in [0.25, 0.3) is 0 Å². The van der Waals surface area contributed by atoms with Gasteiger partial charge in [0.25, 0.3) is 0 Å². The van der Waals surface area contributed by atoms with Crippen LogP contribution in [0.2, 0.25) is 0 Å². The monoisotopic (exact) mass is 293 g/mol. The smallest absolute Gasteiger partial charge is 0.339 e. The quantitative estimate of drug-likeness (QED) is 0.745. The predicted molar refractivity (Wildman–Crippen MR) is 80.0 cm³/mol. The van der Waals surface area contributed by atoms with Crippen molar-refractivity contribution in [3.63, 3.8) is 0 Å². The summed E-state index contributed by atoms with van der Waals surface area (Å²) in [5, 5.41) is 9.07. The first-order valence-corrected chi connectivity index (χ1v) is 7.42.